The van der Waals surface area contributed by atoms with Crippen molar-refractivity contribution in [1.29, 1.82) is 0 Å². The lowest BCUT2D eigenvalue weighted by atomic mass is 9.92. The van der Waals surface area contributed by atoms with E-state index < -0.39 is 0 Å². The van der Waals surface area contributed by atoms with Crippen molar-refractivity contribution >= 4 is 5.82 Å². The Kier molecular flexibility index (Phi) is 2.62. The molecule has 1 saturated carbocycles. The minimum atomic E-state index is -0.107. The predicted molar refractivity (Wildman–Crippen MR) is 72.0 cm³/mol. The molecule has 0 bridgehead atoms. The van der Waals surface area contributed by atoms with E-state index in [-0.39, 0.29) is 5.41 Å². The number of hydrogen-bond acceptors (Lipinski definition) is 5. The van der Waals surface area contributed by atoms with Crippen LogP contribution < -0.4 is 10.5 Å². The fourth-order valence-electron chi connectivity index (χ4n) is 2.46. The van der Waals surface area contributed by atoms with Gasteiger partial charge in [0.15, 0.2) is 0 Å². The summed E-state index contributed by atoms with van der Waals surface area (Å²) in [4.78, 5) is 4.22. The van der Waals surface area contributed by atoms with Crippen LogP contribution in [-0.2, 0) is 5.41 Å². The van der Waals surface area contributed by atoms with Gasteiger partial charge < -0.3 is 10.5 Å². The number of anilines is 1. The molecule has 2 N–H and O–H groups in total. The van der Waals surface area contributed by atoms with Crippen LogP contribution in [0.15, 0.2) is 24.3 Å². The number of hydrogen-bond donors (Lipinski definition) is 1. The van der Waals surface area contributed by atoms with Gasteiger partial charge in [-0.15, -0.1) is 10.2 Å². The molecule has 1 fully saturated rings. The molecule has 2 aromatic rings. The van der Waals surface area contributed by atoms with Crippen molar-refractivity contribution in [3.63, 3.8) is 0 Å². The third-order valence-corrected chi connectivity index (χ3v) is 3.67. The highest BCUT2D eigenvalue weighted by Gasteiger charge is 2.49. The van der Waals surface area contributed by atoms with Gasteiger partial charge in [-0.2, -0.15) is 0 Å². The summed E-state index contributed by atoms with van der Waals surface area (Å²) in [5.41, 5.74) is 7.88. The molecule has 1 heterocycles. The van der Waals surface area contributed by atoms with E-state index in [2.05, 4.69) is 27.3 Å². The first-order valence-corrected chi connectivity index (χ1v) is 6.27. The summed E-state index contributed by atoms with van der Waals surface area (Å²) in [6.07, 6.45) is 2.06. The van der Waals surface area contributed by atoms with Crippen molar-refractivity contribution in [2.75, 3.05) is 12.8 Å². The van der Waals surface area contributed by atoms with Crippen LogP contribution in [0.5, 0.6) is 5.75 Å². The molecule has 5 heteroatoms. The Morgan fingerprint density at radius 3 is 2.37 bits per heavy atom. The Labute approximate surface area is 111 Å². The Bertz CT molecular complexity index is 605. The number of rotatable bonds is 3. The van der Waals surface area contributed by atoms with Crippen LogP contribution >= 0.6 is 0 Å². The first kappa shape index (κ1) is 11.9. The average Bonchev–Trinajstić information content (AvgIpc) is 3.20. The van der Waals surface area contributed by atoms with Gasteiger partial charge in [0.2, 0.25) is 0 Å². The molecule has 0 amide bonds. The first-order valence-electron chi connectivity index (χ1n) is 6.27. The average molecular weight is 256 g/mol. The largest absolute Gasteiger partial charge is 0.497 e. The highest BCUT2D eigenvalue weighted by Crippen LogP contribution is 2.54. The van der Waals surface area contributed by atoms with Crippen LogP contribution in [-0.4, -0.2) is 22.3 Å². The minimum absolute atomic E-state index is 0.107. The molecular weight excluding hydrogens is 240 g/mol. The predicted octanol–water partition coefficient (Wildman–Crippen LogP) is 1.85. The van der Waals surface area contributed by atoms with E-state index in [1.807, 2.05) is 12.1 Å². The number of aryl methyl sites for hydroxylation is 1. The van der Waals surface area contributed by atoms with E-state index in [0.717, 1.165) is 24.3 Å². The molecule has 1 aromatic carbocycles. The molecule has 5 nitrogen and oxygen atoms in total. The van der Waals surface area contributed by atoms with Crippen LogP contribution in [0.25, 0.3) is 0 Å². The summed E-state index contributed by atoms with van der Waals surface area (Å²) in [5.74, 6) is 1.94. The lowest BCUT2D eigenvalue weighted by Gasteiger charge is -2.16. The van der Waals surface area contributed by atoms with Gasteiger partial charge in [-0.25, -0.2) is 4.98 Å². The van der Waals surface area contributed by atoms with Gasteiger partial charge in [0.1, 0.15) is 23.1 Å². The number of ether oxygens (including phenoxy) is 1. The molecule has 0 unspecified atom stereocenters. The Morgan fingerprint density at radius 2 is 1.84 bits per heavy atom. The molecule has 19 heavy (non-hydrogen) atoms. The van der Waals surface area contributed by atoms with Crippen molar-refractivity contribution in [3.8, 4) is 5.75 Å². The zero-order valence-electron chi connectivity index (χ0n) is 11.1. The zero-order chi connectivity index (χ0) is 13.5. The number of nitrogens with zero attached hydrogens (tertiary/aromatic N) is 3. The molecule has 0 aliphatic heterocycles. The number of nitrogen functional groups attached to an aromatic ring is 1. The summed E-state index contributed by atoms with van der Waals surface area (Å²) in [6.45, 7) is 1.79. The Hall–Kier alpha value is -2.17. The van der Waals surface area contributed by atoms with Gasteiger partial charge >= 0.3 is 0 Å². The second-order valence-electron chi connectivity index (χ2n) is 4.90. The fourth-order valence-corrected chi connectivity index (χ4v) is 2.46. The molecular formula is C14H16N4O. The number of aromatic nitrogens is 3. The molecule has 0 radical (unpaired) electrons. The lowest BCUT2D eigenvalue weighted by Crippen LogP contribution is -2.16. The zero-order valence-corrected chi connectivity index (χ0v) is 11.1. The molecule has 1 aliphatic carbocycles. The highest BCUT2D eigenvalue weighted by atomic mass is 16.5. The number of nitrogens with two attached hydrogens (primary N) is 1. The maximum atomic E-state index is 6.00. The highest BCUT2D eigenvalue weighted by molar-refractivity contribution is 5.51. The third kappa shape index (κ3) is 1.91. The summed E-state index contributed by atoms with van der Waals surface area (Å²) in [6, 6.07) is 8.04. The van der Waals surface area contributed by atoms with Gasteiger partial charge in [-0.05, 0) is 37.5 Å². The molecule has 0 atom stereocenters. The van der Waals surface area contributed by atoms with Crippen molar-refractivity contribution in [2.24, 2.45) is 0 Å². The van der Waals surface area contributed by atoms with E-state index in [1.54, 1.807) is 14.0 Å². The topological polar surface area (TPSA) is 73.9 Å². The summed E-state index contributed by atoms with van der Waals surface area (Å²) in [7, 11) is 1.66. The molecule has 98 valence electrons. The van der Waals surface area contributed by atoms with Crippen LogP contribution in [0.2, 0.25) is 0 Å². The van der Waals surface area contributed by atoms with Crippen molar-refractivity contribution in [1.82, 2.24) is 15.2 Å². The van der Waals surface area contributed by atoms with Gasteiger partial charge in [-0.3, -0.25) is 0 Å². The molecule has 1 aliphatic rings. The summed E-state index contributed by atoms with van der Waals surface area (Å²) in [5, 5.41) is 8.30. The van der Waals surface area contributed by atoms with Gasteiger partial charge in [-0.1, -0.05) is 12.1 Å². The fraction of sp³-hybridized carbons (Fsp3) is 0.357. The van der Waals surface area contributed by atoms with Gasteiger partial charge in [0.25, 0.3) is 0 Å². The Balaban J connectivity index is 2.02. The van der Waals surface area contributed by atoms with Gasteiger partial charge in [0, 0.05) is 5.41 Å². The van der Waals surface area contributed by atoms with E-state index >= 15 is 0 Å². The van der Waals surface area contributed by atoms with Crippen LogP contribution in [0.4, 0.5) is 5.82 Å². The Morgan fingerprint density at radius 1 is 1.16 bits per heavy atom. The van der Waals surface area contributed by atoms with E-state index in [0.29, 0.717) is 11.6 Å². The number of methoxy groups -OCH3 is 1. The smallest absolute Gasteiger partial charge is 0.150 e. The van der Waals surface area contributed by atoms with Crippen molar-refractivity contribution in [3.05, 3.63) is 41.3 Å². The second kappa shape index (κ2) is 4.19. The quantitative estimate of drug-likeness (QED) is 0.907. The normalized spacial score (nSPS) is 16.1. The van der Waals surface area contributed by atoms with Crippen LogP contribution in [0.3, 0.4) is 0 Å². The summed E-state index contributed by atoms with van der Waals surface area (Å²) >= 11 is 0. The van der Waals surface area contributed by atoms with Crippen LogP contribution in [0, 0.1) is 6.92 Å². The standard InChI is InChI=1S/C14H16N4O/c1-9-16-13(15)12(18-17-9)14(7-8-14)10-3-5-11(19-2)6-4-10/h3-6H,7-8H2,1-2H3,(H2,15,16,17). The van der Waals surface area contributed by atoms with E-state index in [1.165, 1.54) is 5.56 Å². The molecule has 0 spiro atoms. The lowest BCUT2D eigenvalue weighted by molar-refractivity contribution is 0.414. The molecule has 3 rings (SSSR count). The monoisotopic (exact) mass is 256 g/mol. The van der Waals surface area contributed by atoms with Crippen molar-refractivity contribution < 1.29 is 4.74 Å². The summed E-state index contributed by atoms with van der Waals surface area (Å²) < 4.78 is 5.18. The van der Waals surface area contributed by atoms with Crippen molar-refractivity contribution in [2.45, 2.75) is 25.2 Å². The SMILES string of the molecule is COc1ccc(C2(c3nnc(C)nc3N)CC2)cc1. The van der Waals surface area contributed by atoms with E-state index in [9.17, 15) is 0 Å². The van der Waals surface area contributed by atoms with Crippen LogP contribution in [0.1, 0.15) is 29.9 Å². The minimum Gasteiger partial charge on any atom is -0.497 e. The third-order valence-electron chi connectivity index (χ3n) is 3.67. The van der Waals surface area contributed by atoms with E-state index in [4.69, 9.17) is 10.5 Å². The maximum Gasteiger partial charge on any atom is 0.150 e. The second-order valence-corrected chi connectivity index (χ2v) is 4.90. The first-order chi connectivity index (χ1) is 9.15. The number of benzene rings is 1. The molecule has 0 saturated heterocycles. The maximum absolute atomic E-state index is 6.00. The molecule has 1 aromatic heterocycles. The van der Waals surface area contributed by atoms with Gasteiger partial charge in [0.05, 0.1) is 7.11 Å².